The van der Waals surface area contributed by atoms with Crippen LogP contribution in [0.2, 0.25) is 0 Å². The highest BCUT2D eigenvalue weighted by molar-refractivity contribution is 5.54. The summed E-state index contributed by atoms with van der Waals surface area (Å²) in [6.45, 7) is 1.37. The molecule has 2 rings (SSSR count). The Balaban J connectivity index is 2.24. The Kier molecular flexibility index (Phi) is 3.97. The van der Waals surface area contributed by atoms with Gasteiger partial charge in [-0.3, -0.25) is 0 Å². The van der Waals surface area contributed by atoms with E-state index in [0.717, 1.165) is 31.6 Å². The molecule has 4 heteroatoms. The van der Waals surface area contributed by atoms with Crippen LogP contribution in [-0.4, -0.2) is 31.4 Å². The van der Waals surface area contributed by atoms with E-state index in [0.29, 0.717) is 5.56 Å². The lowest BCUT2D eigenvalue weighted by Crippen LogP contribution is -2.39. The minimum absolute atomic E-state index is 0.193. The van der Waals surface area contributed by atoms with Crippen molar-refractivity contribution < 1.29 is 14.2 Å². The molecule has 0 aliphatic carbocycles. The smallest absolute Gasteiger partial charge is 0.130 e. The van der Waals surface area contributed by atoms with Crippen molar-refractivity contribution in [3.63, 3.8) is 0 Å². The molecule has 1 aromatic carbocycles. The minimum atomic E-state index is -0.343. The van der Waals surface area contributed by atoms with Crippen molar-refractivity contribution in [3.8, 4) is 0 Å². The van der Waals surface area contributed by atoms with Gasteiger partial charge in [0.05, 0.1) is 12.7 Å². The van der Waals surface area contributed by atoms with E-state index in [1.807, 2.05) is 6.07 Å². The number of nitrogens with zero attached hydrogens (tertiary/aromatic N) is 1. The summed E-state index contributed by atoms with van der Waals surface area (Å²) in [6, 6.07) is 4.92. The molecule has 1 saturated heterocycles. The standard InChI is InChI=1S/C13H18FNO2/c1-17-10-4-3-7-15(8-10)13-6-2-5-12(14)11(13)9-16/h2,5-6,10,16H,3-4,7-9H2,1H3. The summed E-state index contributed by atoms with van der Waals surface area (Å²) in [5.74, 6) is -0.343. The number of aliphatic hydroxyl groups excluding tert-OH is 1. The topological polar surface area (TPSA) is 32.7 Å². The zero-order valence-corrected chi connectivity index (χ0v) is 10.0. The molecule has 0 spiro atoms. The number of benzene rings is 1. The number of piperidine rings is 1. The first-order valence-corrected chi connectivity index (χ1v) is 5.92. The maximum absolute atomic E-state index is 13.6. The van der Waals surface area contributed by atoms with Crippen LogP contribution in [0.25, 0.3) is 0 Å². The van der Waals surface area contributed by atoms with Crippen LogP contribution in [0.5, 0.6) is 0 Å². The maximum atomic E-state index is 13.6. The summed E-state index contributed by atoms with van der Waals surface area (Å²) in [4.78, 5) is 2.09. The number of aliphatic hydroxyl groups is 1. The average molecular weight is 239 g/mol. The first-order chi connectivity index (χ1) is 8.26. The highest BCUT2D eigenvalue weighted by Crippen LogP contribution is 2.26. The molecule has 0 radical (unpaired) electrons. The Labute approximate surface area is 101 Å². The van der Waals surface area contributed by atoms with E-state index in [2.05, 4.69) is 4.90 Å². The van der Waals surface area contributed by atoms with Crippen molar-refractivity contribution >= 4 is 5.69 Å². The van der Waals surface area contributed by atoms with Gasteiger partial charge < -0.3 is 14.7 Å². The van der Waals surface area contributed by atoms with Gasteiger partial charge in [0, 0.05) is 31.5 Å². The van der Waals surface area contributed by atoms with Crippen molar-refractivity contribution in [2.75, 3.05) is 25.1 Å². The third-order valence-corrected chi connectivity index (χ3v) is 3.30. The SMILES string of the molecule is COC1CCCN(c2cccc(F)c2CO)C1. The monoisotopic (exact) mass is 239 g/mol. The molecule has 0 amide bonds. The fourth-order valence-electron chi connectivity index (χ4n) is 2.35. The predicted octanol–water partition coefficient (Wildman–Crippen LogP) is 1.93. The zero-order chi connectivity index (χ0) is 12.3. The Morgan fingerprint density at radius 1 is 1.53 bits per heavy atom. The summed E-state index contributed by atoms with van der Waals surface area (Å²) in [6.07, 6.45) is 2.26. The van der Waals surface area contributed by atoms with E-state index in [9.17, 15) is 9.50 Å². The molecule has 0 bridgehead atoms. The van der Waals surface area contributed by atoms with Crippen LogP contribution in [0.4, 0.5) is 10.1 Å². The summed E-state index contributed by atoms with van der Waals surface area (Å²) in [7, 11) is 1.70. The van der Waals surface area contributed by atoms with E-state index in [4.69, 9.17) is 4.74 Å². The van der Waals surface area contributed by atoms with Crippen molar-refractivity contribution in [3.05, 3.63) is 29.6 Å². The van der Waals surface area contributed by atoms with Crippen LogP contribution in [0.1, 0.15) is 18.4 Å². The van der Waals surface area contributed by atoms with E-state index >= 15 is 0 Å². The first-order valence-electron chi connectivity index (χ1n) is 5.92. The van der Waals surface area contributed by atoms with Crippen LogP contribution in [0.15, 0.2) is 18.2 Å². The van der Waals surface area contributed by atoms with E-state index in [-0.39, 0.29) is 18.5 Å². The van der Waals surface area contributed by atoms with Crippen molar-refractivity contribution in [2.45, 2.75) is 25.6 Å². The molecule has 17 heavy (non-hydrogen) atoms. The molecular weight excluding hydrogens is 221 g/mol. The van der Waals surface area contributed by atoms with Crippen LogP contribution in [0, 0.1) is 5.82 Å². The fraction of sp³-hybridized carbons (Fsp3) is 0.538. The fourth-order valence-corrected chi connectivity index (χ4v) is 2.35. The average Bonchev–Trinajstić information content (AvgIpc) is 2.38. The van der Waals surface area contributed by atoms with Crippen LogP contribution in [0.3, 0.4) is 0 Å². The molecule has 1 N–H and O–H groups in total. The number of anilines is 1. The van der Waals surface area contributed by atoms with E-state index < -0.39 is 0 Å². The number of hydrogen-bond acceptors (Lipinski definition) is 3. The third-order valence-electron chi connectivity index (χ3n) is 3.30. The largest absolute Gasteiger partial charge is 0.391 e. The quantitative estimate of drug-likeness (QED) is 0.875. The van der Waals surface area contributed by atoms with Gasteiger partial charge in [0.2, 0.25) is 0 Å². The third kappa shape index (κ3) is 2.58. The van der Waals surface area contributed by atoms with E-state index in [1.165, 1.54) is 6.07 Å². The second-order valence-corrected chi connectivity index (χ2v) is 4.34. The molecule has 1 aliphatic heterocycles. The number of rotatable bonds is 3. The predicted molar refractivity (Wildman–Crippen MR) is 64.6 cm³/mol. The second-order valence-electron chi connectivity index (χ2n) is 4.34. The van der Waals surface area contributed by atoms with Gasteiger partial charge in [-0.2, -0.15) is 0 Å². The van der Waals surface area contributed by atoms with E-state index in [1.54, 1.807) is 13.2 Å². The van der Waals surface area contributed by atoms with Crippen LogP contribution in [-0.2, 0) is 11.3 Å². The molecule has 1 aliphatic rings. The van der Waals surface area contributed by atoms with Gasteiger partial charge >= 0.3 is 0 Å². The molecule has 1 unspecified atom stereocenters. The molecule has 1 aromatic rings. The summed E-state index contributed by atoms with van der Waals surface area (Å²) in [5.41, 5.74) is 1.17. The highest BCUT2D eigenvalue weighted by Gasteiger charge is 2.22. The Bertz CT molecular complexity index is 384. The Hall–Kier alpha value is -1.13. The molecular formula is C13H18FNO2. The normalized spacial score (nSPS) is 20.6. The van der Waals surface area contributed by atoms with Gasteiger partial charge in [-0.1, -0.05) is 6.07 Å². The molecule has 1 atom stereocenters. The van der Waals surface area contributed by atoms with Crippen LogP contribution >= 0.6 is 0 Å². The first kappa shape index (κ1) is 12.3. The summed E-state index contributed by atoms with van der Waals surface area (Å²) >= 11 is 0. The van der Waals surface area contributed by atoms with Gasteiger partial charge in [-0.25, -0.2) is 4.39 Å². The number of halogens is 1. The van der Waals surface area contributed by atoms with Gasteiger partial charge in [0.25, 0.3) is 0 Å². The molecule has 0 saturated carbocycles. The number of hydrogen-bond donors (Lipinski definition) is 1. The van der Waals surface area contributed by atoms with Crippen molar-refractivity contribution in [2.24, 2.45) is 0 Å². The van der Waals surface area contributed by atoms with Gasteiger partial charge in [-0.15, -0.1) is 0 Å². The van der Waals surface area contributed by atoms with Gasteiger partial charge in [0.15, 0.2) is 0 Å². The van der Waals surface area contributed by atoms with Gasteiger partial charge in [0.1, 0.15) is 5.82 Å². The number of ether oxygens (including phenoxy) is 1. The van der Waals surface area contributed by atoms with Gasteiger partial charge in [-0.05, 0) is 25.0 Å². The lowest BCUT2D eigenvalue weighted by atomic mass is 10.1. The summed E-state index contributed by atoms with van der Waals surface area (Å²) < 4.78 is 18.9. The minimum Gasteiger partial charge on any atom is -0.391 e. The molecule has 1 fully saturated rings. The molecule has 1 heterocycles. The summed E-state index contributed by atoms with van der Waals surface area (Å²) in [5, 5.41) is 9.26. The van der Waals surface area contributed by atoms with Crippen LogP contribution < -0.4 is 4.90 Å². The lowest BCUT2D eigenvalue weighted by molar-refractivity contribution is 0.0892. The van der Waals surface area contributed by atoms with Crippen molar-refractivity contribution in [1.82, 2.24) is 0 Å². The molecule has 0 aromatic heterocycles. The second kappa shape index (κ2) is 5.47. The molecule has 3 nitrogen and oxygen atoms in total. The highest BCUT2D eigenvalue weighted by atomic mass is 19.1. The molecule has 94 valence electrons. The lowest BCUT2D eigenvalue weighted by Gasteiger charge is -2.34. The number of methoxy groups -OCH3 is 1. The Morgan fingerprint density at radius 2 is 2.35 bits per heavy atom. The zero-order valence-electron chi connectivity index (χ0n) is 10.0. The Morgan fingerprint density at radius 3 is 3.06 bits per heavy atom. The van der Waals surface area contributed by atoms with Crippen molar-refractivity contribution in [1.29, 1.82) is 0 Å². The maximum Gasteiger partial charge on any atom is 0.130 e.